The molecule has 0 fully saturated rings. The van der Waals surface area contributed by atoms with Gasteiger partial charge in [0.15, 0.2) is 0 Å². The van der Waals surface area contributed by atoms with Crippen molar-refractivity contribution in [3.63, 3.8) is 0 Å². The highest BCUT2D eigenvalue weighted by atomic mass is 35.5. The lowest BCUT2D eigenvalue weighted by Crippen LogP contribution is -1.80. The fourth-order valence-corrected chi connectivity index (χ4v) is 1.81. The molecule has 0 amide bonds. The smallest absolute Gasteiger partial charge is 0.0232 e. The topological polar surface area (TPSA) is 0 Å². The summed E-state index contributed by atoms with van der Waals surface area (Å²) in [5.41, 5.74) is 0. The lowest BCUT2D eigenvalue weighted by molar-refractivity contribution is 0.579. The van der Waals surface area contributed by atoms with Crippen LogP contribution in [0.2, 0.25) is 0 Å². The van der Waals surface area contributed by atoms with Crippen LogP contribution in [-0.4, -0.2) is 5.88 Å². The fourth-order valence-electron chi connectivity index (χ4n) is 1.68. The third-order valence-corrected chi connectivity index (χ3v) is 2.98. The summed E-state index contributed by atoms with van der Waals surface area (Å²) in [5, 5.41) is 0. The van der Waals surface area contributed by atoms with Crippen LogP contribution in [-0.2, 0) is 0 Å². The molecule has 0 radical (unpaired) electrons. The van der Waals surface area contributed by atoms with E-state index < -0.39 is 0 Å². The van der Waals surface area contributed by atoms with E-state index >= 15 is 0 Å². The maximum absolute atomic E-state index is 5.57. The Hall–Kier alpha value is -0.150. The van der Waals surface area contributed by atoms with Gasteiger partial charge in [-0.2, -0.15) is 0 Å². The zero-order chi connectivity index (χ0) is 11.9. The molecular formula is C15H27Cl. The van der Waals surface area contributed by atoms with Crippen LogP contribution in [0.1, 0.15) is 77.6 Å². The van der Waals surface area contributed by atoms with Crippen molar-refractivity contribution in [3.05, 3.63) is 0 Å². The summed E-state index contributed by atoms with van der Waals surface area (Å²) < 4.78 is 0. The van der Waals surface area contributed by atoms with Gasteiger partial charge in [0, 0.05) is 18.7 Å². The molecule has 0 spiro atoms. The first-order valence-corrected chi connectivity index (χ1v) is 7.47. The van der Waals surface area contributed by atoms with Gasteiger partial charge >= 0.3 is 0 Å². The van der Waals surface area contributed by atoms with Gasteiger partial charge in [-0.15, -0.1) is 23.4 Å². The summed E-state index contributed by atoms with van der Waals surface area (Å²) in [7, 11) is 0. The molecule has 16 heavy (non-hydrogen) atoms. The number of hydrogen-bond donors (Lipinski definition) is 0. The molecule has 1 heteroatoms. The molecular weight excluding hydrogens is 216 g/mol. The molecule has 0 N–H and O–H groups in total. The molecule has 0 unspecified atom stereocenters. The van der Waals surface area contributed by atoms with Crippen molar-refractivity contribution in [1.82, 2.24) is 0 Å². The fraction of sp³-hybridized carbons (Fsp3) is 0.867. The Bertz CT molecular complexity index is 176. The van der Waals surface area contributed by atoms with E-state index in [4.69, 9.17) is 11.6 Å². The van der Waals surface area contributed by atoms with Crippen molar-refractivity contribution in [3.8, 4) is 11.8 Å². The zero-order valence-corrected chi connectivity index (χ0v) is 11.6. The second kappa shape index (κ2) is 14.8. The molecule has 0 atom stereocenters. The van der Waals surface area contributed by atoms with Crippen molar-refractivity contribution < 1.29 is 0 Å². The minimum absolute atomic E-state index is 0.743. The predicted octanol–water partition coefficient (Wildman–Crippen LogP) is 5.54. The second-order valence-electron chi connectivity index (χ2n) is 4.37. The summed E-state index contributed by atoms with van der Waals surface area (Å²) in [4.78, 5) is 0. The Morgan fingerprint density at radius 3 is 1.75 bits per heavy atom. The number of halogens is 1. The van der Waals surface area contributed by atoms with Crippen LogP contribution in [0.5, 0.6) is 0 Å². The van der Waals surface area contributed by atoms with Gasteiger partial charge in [0.05, 0.1) is 0 Å². The molecule has 0 aliphatic heterocycles. The Morgan fingerprint density at radius 2 is 1.19 bits per heavy atom. The summed E-state index contributed by atoms with van der Waals surface area (Å²) in [5.74, 6) is 7.14. The summed E-state index contributed by atoms with van der Waals surface area (Å²) >= 11 is 5.57. The number of unbranched alkanes of at least 4 members (excludes halogenated alkanes) is 9. The first-order chi connectivity index (χ1) is 7.91. The molecule has 0 aliphatic rings. The average Bonchev–Trinajstić information content (AvgIpc) is 2.31. The van der Waals surface area contributed by atoms with Gasteiger partial charge in [-0.25, -0.2) is 0 Å². The maximum atomic E-state index is 5.57. The number of rotatable bonds is 10. The monoisotopic (exact) mass is 242 g/mol. The van der Waals surface area contributed by atoms with Crippen molar-refractivity contribution >= 4 is 11.6 Å². The highest BCUT2D eigenvalue weighted by molar-refractivity contribution is 6.17. The number of hydrogen-bond acceptors (Lipinski definition) is 0. The van der Waals surface area contributed by atoms with E-state index in [0.717, 1.165) is 25.1 Å². The van der Waals surface area contributed by atoms with Crippen molar-refractivity contribution in [2.24, 2.45) is 0 Å². The first kappa shape index (κ1) is 15.9. The molecule has 0 aromatic carbocycles. The molecule has 0 saturated carbocycles. The van der Waals surface area contributed by atoms with E-state index in [-0.39, 0.29) is 0 Å². The maximum Gasteiger partial charge on any atom is 0.0232 e. The molecule has 0 aromatic heterocycles. The third-order valence-electron chi connectivity index (χ3n) is 2.72. The highest BCUT2D eigenvalue weighted by Gasteiger charge is 1.90. The van der Waals surface area contributed by atoms with Gasteiger partial charge in [-0.1, -0.05) is 51.9 Å². The van der Waals surface area contributed by atoms with E-state index in [0.29, 0.717) is 0 Å². The Labute approximate surface area is 107 Å². The Kier molecular flexibility index (Phi) is 14.7. The van der Waals surface area contributed by atoms with E-state index in [2.05, 4.69) is 18.8 Å². The highest BCUT2D eigenvalue weighted by Crippen LogP contribution is 2.09. The second-order valence-corrected chi connectivity index (χ2v) is 4.75. The van der Waals surface area contributed by atoms with Gasteiger partial charge in [0.1, 0.15) is 0 Å². The summed E-state index contributed by atoms with van der Waals surface area (Å²) in [6.07, 6.45) is 14.1. The van der Waals surface area contributed by atoms with E-state index in [1.807, 2.05) is 0 Å². The van der Waals surface area contributed by atoms with Crippen LogP contribution >= 0.6 is 11.6 Å². The van der Waals surface area contributed by atoms with Crippen molar-refractivity contribution in [2.45, 2.75) is 77.6 Å². The zero-order valence-electron chi connectivity index (χ0n) is 10.9. The molecule has 0 aromatic rings. The van der Waals surface area contributed by atoms with E-state index in [1.165, 1.54) is 51.4 Å². The average molecular weight is 243 g/mol. The van der Waals surface area contributed by atoms with Gasteiger partial charge in [0.25, 0.3) is 0 Å². The lowest BCUT2D eigenvalue weighted by Gasteiger charge is -1.99. The normalized spacial score (nSPS) is 9.88. The third kappa shape index (κ3) is 13.8. The molecule has 0 rings (SSSR count). The van der Waals surface area contributed by atoms with Crippen LogP contribution in [0.4, 0.5) is 0 Å². The van der Waals surface area contributed by atoms with Gasteiger partial charge in [-0.05, 0) is 12.8 Å². The molecule has 0 heterocycles. The molecule has 0 nitrogen and oxygen atoms in total. The van der Waals surface area contributed by atoms with Gasteiger partial charge in [-0.3, -0.25) is 0 Å². The van der Waals surface area contributed by atoms with Gasteiger partial charge < -0.3 is 0 Å². The first-order valence-electron chi connectivity index (χ1n) is 6.93. The van der Waals surface area contributed by atoms with Crippen LogP contribution in [0.15, 0.2) is 0 Å². The standard InChI is InChI=1S/C15H27Cl/c1-2-3-4-5-6-7-8-9-10-11-12-13-14-15-16/h2-10,13-15H2,1H3. The van der Waals surface area contributed by atoms with Crippen LogP contribution in [0.25, 0.3) is 0 Å². The minimum Gasteiger partial charge on any atom is -0.127 e. The van der Waals surface area contributed by atoms with Crippen molar-refractivity contribution in [2.75, 3.05) is 5.88 Å². The molecule has 0 bridgehead atoms. The predicted molar refractivity (Wildman–Crippen MR) is 75.0 cm³/mol. The minimum atomic E-state index is 0.743. The molecule has 0 saturated heterocycles. The molecule has 0 aliphatic carbocycles. The summed E-state index contributed by atoms with van der Waals surface area (Å²) in [6.45, 7) is 2.27. The van der Waals surface area contributed by atoms with Gasteiger partial charge in [0.2, 0.25) is 0 Å². The SMILES string of the molecule is CCCCCCCCCCC#CCCCCl. The van der Waals surface area contributed by atoms with Crippen LogP contribution in [0, 0.1) is 11.8 Å². The molecule has 94 valence electrons. The van der Waals surface area contributed by atoms with E-state index in [9.17, 15) is 0 Å². The van der Waals surface area contributed by atoms with Crippen molar-refractivity contribution in [1.29, 1.82) is 0 Å². The summed E-state index contributed by atoms with van der Waals surface area (Å²) in [6, 6.07) is 0. The Morgan fingerprint density at radius 1 is 0.688 bits per heavy atom. The van der Waals surface area contributed by atoms with Crippen LogP contribution < -0.4 is 0 Å². The number of alkyl halides is 1. The van der Waals surface area contributed by atoms with E-state index in [1.54, 1.807) is 0 Å². The lowest BCUT2D eigenvalue weighted by atomic mass is 10.1. The largest absolute Gasteiger partial charge is 0.127 e. The Balaban J connectivity index is 2.99. The quantitative estimate of drug-likeness (QED) is 0.268. The van der Waals surface area contributed by atoms with Crippen LogP contribution in [0.3, 0.4) is 0 Å².